The zero-order valence-electron chi connectivity index (χ0n) is 12.9. The molecule has 23 heavy (non-hydrogen) atoms. The first-order valence-corrected chi connectivity index (χ1v) is 8.28. The van der Waals surface area contributed by atoms with Crippen molar-refractivity contribution >= 4 is 22.7 Å². The van der Waals surface area contributed by atoms with Crippen molar-refractivity contribution in [2.24, 2.45) is 7.05 Å². The van der Waals surface area contributed by atoms with Gasteiger partial charge in [0.15, 0.2) is 11.0 Å². The SMILES string of the molecule is CCc1ccc2c(CSc3nnc(CO)n3C)cc(=O)oc2c1. The van der Waals surface area contributed by atoms with Crippen LogP contribution in [0.25, 0.3) is 11.0 Å². The van der Waals surface area contributed by atoms with E-state index in [2.05, 4.69) is 17.1 Å². The Labute approximate surface area is 137 Å². The molecule has 0 bridgehead atoms. The van der Waals surface area contributed by atoms with Crippen LogP contribution in [0, 0.1) is 0 Å². The summed E-state index contributed by atoms with van der Waals surface area (Å²) in [5.74, 6) is 1.09. The Kier molecular flexibility index (Phi) is 4.49. The Morgan fingerprint density at radius 3 is 2.83 bits per heavy atom. The molecule has 0 amide bonds. The highest BCUT2D eigenvalue weighted by Crippen LogP contribution is 2.26. The summed E-state index contributed by atoms with van der Waals surface area (Å²) in [6.45, 7) is 1.91. The molecule has 0 unspecified atom stereocenters. The topological polar surface area (TPSA) is 81.2 Å². The number of fused-ring (bicyclic) bond motifs is 1. The maximum Gasteiger partial charge on any atom is 0.336 e. The molecule has 6 nitrogen and oxygen atoms in total. The van der Waals surface area contributed by atoms with Gasteiger partial charge in [-0.15, -0.1) is 10.2 Å². The number of hydrogen-bond acceptors (Lipinski definition) is 6. The molecular formula is C16H17N3O3S. The van der Waals surface area contributed by atoms with Gasteiger partial charge in [-0.1, -0.05) is 30.8 Å². The first-order chi connectivity index (χ1) is 11.1. The molecule has 120 valence electrons. The molecule has 3 aromatic rings. The first kappa shape index (κ1) is 15.8. The van der Waals surface area contributed by atoms with E-state index < -0.39 is 0 Å². The van der Waals surface area contributed by atoms with Gasteiger partial charge in [0.05, 0.1) is 0 Å². The molecule has 0 saturated heterocycles. The van der Waals surface area contributed by atoms with Gasteiger partial charge in [-0.2, -0.15) is 0 Å². The minimum absolute atomic E-state index is 0.151. The van der Waals surface area contributed by atoms with Crippen molar-refractivity contribution in [3.8, 4) is 0 Å². The van der Waals surface area contributed by atoms with E-state index in [0.29, 0.717) is 22.3 Å². The van der Waals surface area contributed by atoms with Gasteiger partial charge >= 0.3 is 5.63 Å². The van der Waals surface area contributed by atoms with E-state index in [4.69, 9.17) is 9.52 Å². The minimum Gasteiger partial charge on any atom is -0.423 e. The molecule has 2 aromatic heterocycles. The Morgan fingerprint density at radius 1 is 1.30 bits per heavy atom. The van der Waals surface area contributed by atoms with E-state index in [1.807, 2.05) is 18.2 Å². The summed E-state index contributed by atoms with van der Waals surface area (Å²) < 4.78 is 7.05. The number of nitrogens with zero attached hydrogens (tertiary/aromatic N) is 3. The highest BCUT2D eigenvalue weighted by molar-refractivity contribution is 7.98. The van der Waals surface area contributed by atoms with Crippen molar-refractivity contribution in [2.75, 3.05) is 0 Å². The average molecular weight is 331 g/mol. The third kappa shape index (κ3) is 3.16. The second kappa shape index (κ2) is 6.55. The number of benzene rings is 1. The fraction of sp³-hybridized carbons (Fsp3) is 0.312. The lowest BCUT2D eigenvalue weighted by Crippen LogP contribution is -2.01. The maximum atomic E-state index is 11.8. The molecule has 1 aromatic carbocycles. The number of aryl methyl sites for hydroxylation is 1. The van der Waals surface area contributed by atoms with Crippen molar-refractivity contribution in [3.05, 3.63) is 51.6 Å². The van der Waals surface area contributed by atoms with Crippen LogP contribution in [0.1, 0.15) is 23.9 Å². The highest BCUT2D eigenvalue weighted by atomic mass is 32.2. The van der Waals surface area contributed by atoms with Crippen LogP contribution >= 0.6 is 11.8 Å². The van der Waals surface area contributed by atoms with Gasteiger partial charge in [-0.25, -0.2) is 4.79 Å². The molecule has 0 radical (unpaired) electrons. The van der Waals surface area contributed by atoms with Crippen LogP contribution in [0.3, 0.4) is 0 Å². The Balaban J connectivity index is 1.93. The van der Waals surface area contributed by atoms with Crippen molar-refractivity contribution in [1.29, 1.82) is 0 Å². The van der Waals surface area contributed by atoms with Crippen LogP contribution in [-0.2, 0) is 25.8 Å². The number of aromatic nitrogens is 3. The van der Waals surface area contributed by atoms with Crippen molar-refractivity contribution in [1.82, 2.24) is 14.8 Å². The summed E-state index contributed by atoms with van der Waals surface area (Å²) in [6, 6.07) is 7.47. The lowest BCUT2D eigenvalue weighted by Gasteiger charge is -2.06. The van der Waals surface area contributed by atoms with Crippen LogP contribution in [-0.4, -0.2) is 19.9 Å². The Bertz CT molecular complexity index is 901. The Hall–Kier alpha value is -2.12. The fourth-order valence-corrected chi connectivity index (χ4v) is 3.29. The smallest absolute Gasteiger partial charge is 0.336 e. The molecule has 2 heterocycles. The van der Waals surface area contributed by atoms with Crippen LogP contribution in [0.4, 0.5) is 0 Å². The molecule has 0 spiro atoms. The molecule has 0 saturated carbocycles. The first-order valence-electron chi connectivity index (χ1n) is 7.30. The molecular weight excluding hydrogens is 314 g/mol. The number of rotatable bonds is 5. The van der Waals surface area contributed by atoms with E-state index in [9.17, 15) is 4.79 Å². The van der Waals surface area contributed by atoms with Crippen LogP contribution < -0.4 is 5.63 Å². The van der Waals surface area contributed by atoms with Gasteiger partial charge in [0.25, 0.3) is 0 Å². The third-order valence-electron chi connectivity index (χ3n) is 3.73. The molecule has 1 N–H and O–H groups in total. The number of aliphatic hydroxyl groups is 1. The van der Waals surface area contributed by atoms with Gasteiger partial charge in [0, 0.05) is 24.3 Å². The summed E-state index contributed by atoms with van der Waals surface area (Å²) in [4.78, 5) is 11.8. The van der Waals surface area contributed by atoms with Gasteiger partial charge < -0.3 is 14.1 Å². The standard InChI is InChI=1S/C16H17N3O3S/c1-3-10-4-5-12-11(7-15(21)22-13(12)6-10)9-23-16-18-17-14(8-20)19(16)2/h4-7,20H,3,8-9H2,1-2H3. The monoisotopic (exact) mass is 331 g/mol. The lowest BCUT2D eigenvalue weighted by atomic mass is 10.1. The van der Waals surface area contributed by atoms with E-state index in [1.165, 1.54) is 17.8 Å². The predicted molar refractivity (Wildman–Crippen MR) is 88.3 cm³/mol. The number of aliphatic hydroxyl groups excluding tert-OH is 1. The number of hydrogen-bond donors (Lipinski definition) is 1. The van der Waals surface area contributed by atoms with Crippen LogP contribution in [0.15, 0.2) is 38.6 Å². The maximum absolute atomic E-state index is 11.8. The van der Waals surface area contributed by atoms with Gasteiger partial charge in [0.2, 0.25) is 0 Å². The zero-order valence-corrected chi connectivity index (χ0v) is 13.8. The summed E-state index contributed by atoms with van der Waals surface area (Å²) in [6.07, 6.45) is 0.890. The number of thioether (sulfide) groups is 1. The van der Waals surface area contributed by atoms with Crippen molar-refractivity contribution < 1.29 is 9.52 Å². The molecule has 0 fully saturated rings. The Morgan fingerprint density at radius 2 is 2.13 bits per heavy atom. The van der Waals surface area contributed by atoms with Crippen molar-refractivity contribution in [3.63, 3.8) is 0 Å². The van der Waals surface area contributed by atoms with E-state index in [1.54, 1.807) is 11.6 Å². The average Bonchev–Trinajstić information content (AvgIpc) is 2.91. The fourth-order valence-electron chi connectivity index (χ4n) is 2.36. The second-order valence-corrected chi connectivity index (χ2v) is 6.12. The minimum atomic E-state index is -0.352. The summed E-state index contributed by atoms with van der Waals surface area (Å²) in [5.41, 5.74) is 2.29. The summed E-state index contributed by atoms with van der Waals surface area (Å²) >= 11 is 1.47. The normalized spacial score (nSPS) is 11.3. The third-order valence-corrected chi connectivity index (χ3v) is 4.80. The quantitative estimate of drug-likeness (QED) is 0.570. The lowest BCUT2D eigenvalue weighted by molar-refractivity contribution is 0.266. The van der Waals surface area contributed by atoms with E-state index >= 15 is 0 Å². The molecule has 0 aliphatic rings. The van der Waals surface area contributed by atoms with Crippen LogP contribution in [0.5, 0.6) is 0 Å². The largest absolute Gasteiger partial charge is 0.423 e. The molecule has 0 aliphatic carbocycles. The van der Waals surface area contributed by atoms with E-state index in [-0.39, 0.29) is 12.2 Å². The summed E-state index contributed by atoms with van der Waals surface area (Å²) in [7, 11) is 1.80. The predicted octanol–water partition coefficient (Wildman–Crippen LogP) is 2.27. The zero-order chi connectivity index (χ0) is 16.4. The van der Waals surface area contributed by atoms with Gasteiger partial charge in [-0.3, -0.25) is 0 Å². The highest BCUT2D eigenvalue weighted by Gasteiger charge is 2.11. The van der Waals surface area contributed by atoms with Crippen LogP contribution in [0.2, 0.25) is 0 Å². The van der Waals surface area contributed by atoms with E-state index in [0.717, 1.165) is 22.9 Å². The summed E-state index contributed by atoms with van der Waals surface area (Å²) in [5, 5.41) is 18.7. The molecule has 7 heteroatoms. The van der Waals surface area contributed by atoms with Gasteiger partial charge in [0.1, 0.15) is 12.2 Å². The second-order valence-electron chi connectivity index (χ2n) is 5.18. The molecule has 0 atom stereocenters. The van der Waals surface area contributed by atoms with Crippen molar-refractivity contribution in [2.45, 2.75) is 30.9 Å². The molecule has 3 rings (SSSR count). The van der Waals surface area contributed by atoms with Gasteiger partial charge in [-0.05, 0) is 23.6 Å². The molecule has 0 aliphatic heterocycles.